The minimum absolute atomic E-state index is 0.0365. The molecule has 0 saturated heterocycles. The standard InChI is InChI=1S/C34H30N2/c1-34(2,3)25-21-19-24(20-22-25)28-13-4-7-16-31(28)35-26-11-10-12-27(23-26)36-32-17-8-5-14-29(32)30-15-6-9-18-33(30)36/h4-23,35H,1-3H3/i5D,6D,8D,9D,14D,15D,17D,18D. The molecule has 0 aliphatic rings. The molecule has 2 nitrogen and oxygen atoms in total. The first-order valence-corrected chi connectivity index (χ1v) is 11.9. The third kappa shape index (κ3) is 3.95. The van der Waals surface area contributed by atoms with Gasteiger partial charge in [0.05, 0.1) is 22.0 Å². The Kier molecular flexibility index (Phi) is 3.63. The molecule has 1 heterocycles. The largest absolute Gasteiger partial charge is 0.355 e. The summed E-state index contributed by atoms with van der Waals surface area (Å²) in [5.74, 6) is 0. The van der Waals surface area contributed by atoms with Gasteiger partial charge in [0.1, 0.15) is 0 Å². The molecular weight excluding hydrogens is 436 g/mol. The van der Waals surface area contributed by atoms with Crippen molar-refractivity contribution in [2.75, 3.05) is 5.32 Å². The van der Waals surface area contributed by atoms with Crippen LogP contribution in [0.5, 0.6) is 0 Å². The zero-order valence-electron chi connectivity index (χ0n) is 28.4. The Hall–Kier alpha value is -4.30. The maximum Gasteiger partial charge on any atom is 0.0645 e. The highest BCUT2D eigenvalue weighted by Gasteiger charge is 2.15. The molecule has 1 N–H and O–H groups in total. The minimum Gasteiger partial charge on any atom is -0.355 e. The summed E-state index contributed by atoms with van der Waals surface area (Å²) in [4.78, 5) is 0. The summed E-state index contributed by atoms with van der Waals surface area (Å²) >= 11 is 0. The SMILES string of the molecule is [2H]c1c([2H])c([2H])c2c(c1[2H])c1c([2H])c([2H])c([2H])c([2H])c1n2-c1cccc(Nc2ccccc2-c2ccc(C(C)(C)C)cc2)c1. The molecule has 0 spiro atoms. The molecule has 2 heteroatoms. The van der Waals surface area contributed by atoms with Crippen molar-refractivity contribution < 1.29 is 11.0 Å². The molecule has 0 aliphatic carbocycles. The van der Waals surface area contributed by atoms with E-state index >= 15 is 0 Å². The molecule has 36 heavy (non-hydrogen) atoms. The van der Waals surface area contributed by atoms with Crippen LogP contribution in [0.25, 0.3) is 38.6 Å². The zero-order valence-corrected chi connectivity index (χ0v) is 20.4. The molecule has 6 rings (SSSR count). The molecule has 5 aromatic carbocycles. The van der Waals surface area contributed by atoms with Crippen molar-refractivity contribution in [1.29, 1.82) is 0 Å². The van der Waals surface area contributed by atoms with Crippen LogP contribution in [0.3, 0.4) is 0 Å². The van der Waals surface area contributed by atoms with Gasteiger partial charge in [0.25, 0.3) is 0 Å². The van der Waals surface area contributed by atoms with Crippen molar-refractivity contribution >= 4 is 33.2 Å². The fraction of sp³-hybridized carbons (Fsp3) is 0.118. The lowest BCUT2D eigenvalue weighted by Crippen LogP contribution is -2.10. The van der Waals surface area contributed by atoms with E-state index in [1.165, 1.54) is 10.1 Å². The van der Waals surface area contributed by atoms with Crippen molar-refractivity contribution in [1.82, 2.24) is 4.57 Å². The first kappa shape index (κ1) is 15.0. The van der Waals surface area contributed by atoms with E-state index in [0.717, 1.165) is 16.8 Å². The Bertz CT molecular complexity index is 2030. The molecule has 0 atom stereocenters. The van der Waals surface area contributed by atoms with Crippen molar-refractivity contribution in [3.8, 4) is 16.8 Å². The maximum absolute atomic E-state index is 8.76. The summed E-state index contributed by atoms with van der Waals surface area (Å²) in [5.41, 5.74) is 5.54. The van der Waals surface area contributed by atoms with Gasteiger partial charge in [-0.1, -0.05) is 106 Å². The molecule has 0 fully saturated rings. The Morgan fingerprint density at radius 1 is 0.694 bits per heavy atom. The molecule has 0 saturated carbocycles. The average molecular weight is 475 g/mol. The summed E-state index contributed by atoms with van der Waals surface area (Å²) in [5, 5.41) is 3.60. The Morgan fingerprint density at radius 2 is 1.33 bits per heavy atom. The molecule has 0 amide bonds. The number of anilines is 2. The van der Waals surface area contributed by atoms with Gasteiger partial charge in [-0.05, 0) is 52.9 Å². The lowest BCUT2D eigenvalue weighted by molar-refractivity contribution is 0.590. The van der Waals surface area contributed by atoms with E-state index in [2.05, 4.69) is 50.4 Å². The molecular formula is C34H30N2. The first-order chi connectivity index (χ1) is 20.8. The van der Waals surface area contributed by atoms with Crippen LogP contribution in [0.2, 0.25) is 0 Å². The van der Waals surface area contributed by atoms with Gasteiger partial charge in [-0.15, -0.1) is 0 Å². The predicted octanol–water partition coefficient (Wildman–Crippen LogP) is 9.49. The Morgan fingerprint density at radius 3 is 2.00 bits per heavy atom. The van der Waals surface area contributed by atoms with Crippen LogP contribution >= 0.6 is 0 Å². The highest BCUT2D eigenvalue weighted by molar-refractivity contribution is 6.09. The van der Waals surface area contributed by atoms with Gasteiger partial charge in [0.2, 0.25) is 0 Å². The van der Waals surface area contributed by atoms with Gasteiger partial charge in [-0.3, -0.25) is 0 Å². The van der Waals surface area contributed by atoms with Gasteiger partial charge in [-0.25, -0.2) is 0 Å². The van der Waals surface area contributed by atoms with Crippen LogP contribution in [-0.2, 0) is 5.41 Å². The smallest absolute Gasteiger partial charge is 0.0645 e. The summed E-state index contributed by atoms with van der Waals surface area (Å²) in [7, 11) is 0. The summed E-state index contributed by atoms with van der Waals surface area (Å²) in [6, 6.07) is 20.5. The number of hydrogen-bond donors (Lipinski definition) is 1. The third-order valence-electron chi connectivity index (χ3n) is 6.40. The molecule has 0 bridgehead atoms. The fourth-order valence-corrected chi connectivity index (χ4v) is 4.55. The van der Waals surface area contributed by atoms with E-state index in [-0.39, 0.29) is 51.4 Å². The topological polar surface area (TPSA) is 17.0 Å². The number of aromatic nitrogens is 1. The third-order valence-corrected chi connectivity index (χ3v) is 6.40. The van der Waals surface area contributed by atoms with Crippen molar-refractivity contribution in [3.05, 3.63) is 127 Å². The Balaban J connectivity index is 1.54. The quantitative estimate of drug-likeness (QED) is 0.269. The lowest BCUT2D eigenvalue weighted by atomic mass is 9.86. The van der Waals surface area contributed by atoms with Gasteiger partial charge in [-0.2, -0.15) is 0 Å². The summed E-state index contributed by atoms with van der Waals surface area (Å²) in [6.45, 7) is 6.54. The molecule has 1 aromatic heterocycles. The van der Waals surface area contributed by atoms with Crippen molar-refractivity contribution in [2.45, 2.75) is 26.2 Å². The van der Waals surface area contributed by atoms with E-state index in [1.807, 2.05) is 30.3 Å². The molecule has 6 aromatic rings. The number of nitrogens with one attached hydrogen (secondary N) is 1. The van der Waals surface area contributed by atoms with E-state index in [1.54, 1.807) is 18.2 Å². The molecule has 0 aliphatic heterocycles. The molecule has 0 unspecified atom stereocenters. The average Bonchev–Trinajstić information content (AvgIpc) is 3.37. The van der Waals surface area contributed by atoms with Gasteiger partial charge < -0.3 is 9.88 Å². The van der Waals surface area contributed by atoms with Crippen LogP contribution < -0.4 is 5.32 Å². The zero-order chi connectivity index (χ0) is 31.7. The normalized spacial score (nSPS) is 14.9. The second-order valence-electron chi connectivity index (χ2n) is 9.83. The molecule has 176 valence electrons. The van der Waals surface area contributed by atoms with E-state index in [0.29, 0.717) is 11.4 Å². The summed E-state index contributed by atoms with van der Waals surface area (Å²) in [6.07, 6.45) is 0. The highest BCUT2D eigenvalue weighted by atomic mass is 15.0. The van der Waals surface area contributed by atoms with Gasteiger partial charge >= 0.3 is 0 Å². The van der Waals surface area contributed by atoms with Gasteiger partial charge in [0, 0.05) is 33.4 Å². The number of rotatable bonds is 4. The van der Waals surface area contributed by atoms with Crippen LogP contribution in [0.1, 0.15) is 37.3 Å². The lowest BCUT2D eigenvalue weighted by Gasteiger charge is -2.20. The van der Waals surface area contributed by atoms with E-state index in [9.17, 15) is 0 Å². The van der Waals surface area contributed by atoms with Gasteiger partial charge in [0.15, 0.2) is 0 Å². The fourth-order valence-electron chi connectivity index (χ4n) is 4.55. The highest BCUT2D eigenvalue weighted by Crippen LogP contribution is 2.35. The Labute approximate surface area is 224 Å². The first-order valence-electron chi connectivity index (χ1n) is 15.9. The predicted molar refractivity (Wildman–Crippen MR) is 155 cm³/mol. The van der Waals surface area contributed by atoms with Crippen LogP contribution in [0.4, 0.5) is 11.4 Å². The number of para-hydroxylation sites is 3. The van der Waals surface area contributed by atoms with Crippen molar-refractivity contribution in [3.63, 3.8) is 0 Å². The second kappa shape index (κ2) is 8.73. The monoisotopic (exact) mass is 474 g/mol. The van der Waals surface area contributed by atoms with E-state index in [4.69, 9.17) is 11.0 Å². The second-order valence-corrected chi connectivity index (χ2v) is 9.83. The molecule has 0 radical (unpaired) electrons. The minimum atomic E-state index is -0.462. The van der Waals surface area contributed by atoms with Crippen molar-refractivity contribution in [2.24, 2.45) is 0 Å². The maximum atomic E-state index is 8.76. The van der Waals surface area contributed by atoms with Crippen LogP contribution in [0.15, 0.2) is 121 Å². The summed E-state index contributed by atoms with van der Waals surface area (Å²) < 4.78 is 69.6. The number of fused-ring (bicyclic) bond motifs is 3. The van der Waals surface area contributed by atoms with E-state index < -0.39 is 24.2 Å². The number of benzene rings is 5. The van der Waals surface area contributed by atoms with Crippen LogP contribution in [0, 0.1) is 0 Å². The number of nitrogens with zero attached hydrogens (tertiary/aromatic N) is 1. The number of hydrogen-bond acceptors (Lipinski definition) is 1. The van der Waals surface area contributed by atoms with Crippen LogP contribution in [-0.4, -0.2) is 4.57 Å².